The predicted molar refractivity (Wildman–Crippen MR) is 101 cm³/mol. The first-order valence-corrected chi connectivity index (χ1v) is 10.3. The van der Waals surface area contributed by atoms with Gasteiger partial charge in [-0.2, -0.15) is 0 Å². The van der Waals surface area contributed by atoms with Gasteiger partial charge in [0.25, 0.3) is 5.91 Å². The number of hydrogen-bond acceptors (Lipinski definition) is 4. The Balaban J connectivity index is 1.77. The summed E-state index contributed by atoms with van der Waals surface area (Å²) < 4.78 is 22.9. The number of rotatable bonds is 4. The molecule has 1 N–H and O–H groups in total. The van der Waals surface area contributed by atoms with Gasteiger partial charge in [-0.15, -0.1) is 0 Å². The molecule has 2 aromatic carbocycles. The van der Waals surface area contributed by atoms with Crippen molar-refractivity contribution in [2.24, 2.45) is 0 Å². The SMILES string of the molecule is CN1CCCc2cc(NC(=O)c3cccc(CS(C)(=O)=O)c3)ccc21. The summed E-state index contributed by atoms with van der Waals surface area (Å²) in [4.78, 5) is 14.7. The van der Waals surface area contributed by atoms with Gasteiger partial charge in [0.15, 0.2) is 9.84 Å². The van der Waals surface area contributed by atoms with Crippen LogP contribution >= 0.6 is 0 Å². The number of sulfone groups is 1. The number of benzene rings is 2. The molecule has 0 radical (unpaired) electrons. The van der Waals surface area contributed by atoms with Gasteiger partial charge in [0.1, 0.15) is 0 Å². The number of aryl methyl sites for hydroxylation is 1. The number of carbonyl (C=O) groups is 1. The highest BCUT2D eigenvalue weighted by Gasteiger charge is 2.15. The van der Waals surface area contributed by atoms with Gasteiger partial charge in [0, 0.05) is 36.8 Å². The largest absolute Gasteiger partial charge is 0.374 e. The lowest BCUT2D eigenvalue weighted by Crippen LogP contribution is -2.24. The van der Waals surface area contributed by atoms with Gasteiger partial charge in [0.2, 0.25) is 0 Å². The van der Waals surface area contributed by atoms with Gasteiger partial charge in [-0.25, -0.2) is 8.42 Å². The lowest BCUT2D eigenvalue weighted by molar-refractivity contribution is 0.102. The van der Waals surface area contributed by atoms with Crippen molar-refractivity contribution in [3.63, 3.8) is 0 Å². The fraction of sp³-hybridized carbons (Fsp3) is 0.316. The Kier molecular flexibility index (Phi) is 4.81. The van der Waals surface area contributed by atoms with E-state index < -0.39 is 9.84 Å². The van der Waals surface area contributed by atoms with Gasteiger partial charge >= 0.3 is 0 Å². The number of nitrogens with zero attached hydrogens (tertiary/aromatic N) is 1. The van der Waals surface area contributed by atoms with Gasteiger partial charge in [0.05, 0.1) is 5.75 Å². The highest BCUT2D eigenvalue weighted by molar-refractivity contribution is 7.89. The summed E-state index contributed by atoms with van der Waals surface area (Å²) in [5.74, 6) is -0.307. The van der Waals surface area contributed by atoms with Crippen LogP contribution in [0.4, 0.5) is 11.4 Å². The zero-order chi connectivity index (χ0) is 18.0. The topological polar surface area (TPSA) is 66.5 Å². The minimum Gasteiger partial charge on any atom is -0.374 e. The van der Waals surface area contributed by atoms with Crippen molar-refractivity contribution in [1.82, 2.24) is 0 Å². The molecule has 5 nitrogen and oxygen atoms in total. The minimum atomic E-state index is -3.13. The molecule has 0 fully saturated rings. The van der Waals surface area contributed by atoms with E-state index in [1.807, 2.05) is 18.2 Å². The Morgan fingerprint density at radius 1 is 1.20 bits per heavy atom. The minimum absolute atomic E-state index is 0.0701. The van der Waals surface area contributed by atoms with Crippen LogP contribution in [0.25, 0.3) is 0 Å². The molecule has 0 spiro atoms. The number of amides is 1. The van der Waals surface area contributed by atoms with Crippen LogP contribution in [-0.4, -0.2) is 34.2 Å². The molecule has 1 amide bonds. The molecule has 0 unspecified atom stereocenters. The summed E-state index contributed by atoms with van der Waals surface area (Å²) in [6.07, 6.45) is 3.30. The average Bonchev–Trinajstić information content (AvgIpc) is 2.53. The van der Waals surface area contributed by atoms with Crippen molar-refractivity contribution < 1.29 is 13.2 Å². The summed E-state index contributed by atoms with van der Waals surface area (Å²) in [6.45, 7) is 1.05. The fourth-order valence-electron chi connectivity index (χ4n) is 3.17. The molecule has 0 saturated carbocycles. The van der Waals surface area contributed by atoms with Gasteiger partial charge in [-0.3, -0.25) is 4.79 Å². The van der Waals surface area contributed by atoms with Crippen molar-refractivity contribution in [1.29, 1.82) is 0 Å². The molecule has 3 rings (SSSR count). The van der Waals surface area contributed by atoms with E-state index in [0.29, 0.717) is 11.1 Å². The van der Waals surface area contributed by atoms with E-state index in [1.54, 1.807) is 24.3 Å². The standard InChI is InChI=1S/C19H22N2O3S/c1-21-10-4-7-15-12-17(8-9-18(15)21)20-19(22)16-6-3-5-14(11-16)13-25(2,23)24/h3,5-6,8-9,11-12H,4,7,10,13H2,1-2H3,(H,20,22). The van der Waals surface area contributed by atoms with E-state index >= 15 is 0 Å². The molecule has 0 aliphatic carbocycles. The van der Waals surface area contributed by atoms with Crippen LogP contribution in [0.15, 0.2) is 42.5 Å². The first-order chi connectivity index (χ1) is 11.8. The zero-order valence-corrected chi connectivity index (χ0v) is 15.3. The Morgan fingerprint density at radius 3 is 2.76 bits per heavy atom. The van der Waals surface area contributed by atoms with Crippen LogP contribution < -0.4 is 10.2 Å². The van der Waals surface area contributed by atoms with Crippen LogP contribution in [0.1, 0.15) is 27.9 Å². The molecule has 0 atom stereocenters. The number of carbonyl (C=O) groups excluding carboxylic acids is 1. The van der Waals surface area contributed by atoms with Crippen LogP contribution in [0.2, 0.25) is 0 Å². The van der Waals surface area contributed by atoms with Crippen molar-refractivity contribution in [2.75, 3.05) is 30.1 Å². The molecule has 0 aromatic heterocycles. The van der Waals surface area contributed by atoms with Crippen LogP contribution in [-0.2, 0) is 22.0 Å². The van der Waals surface area contributed by atoms with Crippen LogP contribution in [0.3, 0.4) is 0 Å². The number of nitrogens with one attached hydrogen (secondary N) is 1. The van der Waals surface area contributed by atoms with Crippen molar-refractivity contribution in [2.45, 2.75) is 18.6 Å². The monoisotopic (exact) mass is 358 g/mol. The maximum Gasteiger partial charge on any atom is 0.255 e. The second-order valence-corrected chi connectivity index (χ2v) is 8.73. The van der Waals surface area contributed by atoms with Crippen molar-refractivity contribution in [3.8, 4) is 0 Å². The average molecular weight is 358 g/mol. The summed E-state index contributed by atoms with van der Waals surface area (Å²) in [5, 5.41) is 2.91. The molecule has 25 heavy (non-hydrogen) atoms. The van der Waals surface area contributed by atoms with Crippen molar-refractivity contribution >= 4 is 27.1 Å². The Bertz CT molecular complexity index is 907. The Morgan fingerprint density at radius 2 is 2.00 bits per heavy atom. The second kappa shape index (κ2) is 6.88. The molecule has 6 heteroatoms. The normalized spacial score (nSPS) is 14.1. The maximum atomic E-state index is 12.5. The molecule has 2 aromatic rings. The van der Waals surface area contributed by atoms with E-state index in [0.717, 1.165) is 25.1 Å². The summed E-state index contributed by atoms with van der Waals surface area (Å²) in [7, 11) is -1.06. The lowest BCUT2D eigenvalue weighted by atomic mass is 10.0. The molecular weight excluding hydrogens is 336 g/mol. The van der Waals surface area contributed by atoms with E-state index in [9.17, 15) is 13.2 Å². The zero-order valence-electron chi connectivity index (χ0n) is 14.5. The van der Waals surface area contributed by atoms with E-state index in [2.05, 4.69) is 17.3 Å². The molecule has 1 heterocycles. The summed E-state index contributed by atoms with van der Waals surface area (Å²) >= 11 is 0. The van der Waals surface area contributed by atoms with Gasteiger partial charge in [-0.1, -0.05) is 12.1 Å². The summed E-state index contributed by atoms with van der Waals surface area (Å²) in [5.41, 5.74) is 4.27. The molecule has 0 bridgehead atoms. The molecule has 0 saturated heterocycles. The highest BCUT2D eigenvalue weighted by atomic mass is 32.2. The fourth-order valence-corrected chi connectivity index (χ4v) is 3.96. The van der Waals surface area contributed by atoms with E-state index in [4.69, 9.17) is 0 Å². The van der Waals surface area contributed by atoms with Gasteiger partial charge < -0.3 is 10.2 Å². The lowest BCUT2D eigenvalue weighted by Gasteiger charge is -2.27. The first-order valence-electron chi connectivity index (χ1n) is 8.24. The van der Waals surface area contributed by atoms with Crippen LogP contribution in [0, 0.1) is 0 Å². The third-order valence-electron chi connectivity index (χ3n) is 4.31. The van der Waals surface area contributed by atoms with E-state index in [1.165, 1.54) is 17.5 Å². The highest BCUT2D eigenvalue weighted by Crippen LogP contribution is 2.28. The second-order valence-electron chi connectivity index (χ2n) is 6.59. The van der Waals surface area contributed by atoms with Crippen molar-refractivity contribution in [3.05, 3.63) is 59.2 Å². The molecular formula is C19H22N2O3S. The summed E-state index contributed by atoms with van der Waals surface area (Å²) in [6, 6.07) is 12.7. The van der Waals surface area contributed by atoms with E-state index in [-0.39, 0.29) is 11.7 Å². The number of hydrogen-bond donors (Lipinski definition) is 1. The quantitative estimate of drug-likeness (QED) is 0.913. The Labute approximate surface area is 148 Å². The molecule has 1 aliphatic heterocycles. The van der Waals surface area contributed by atoms with Crippen LogP contribution in [0.5, 0.6) is 0 Å². The first kappa shape index (κ1) is 17.5. The number of anilines is 2. The number of fused-ring (bicyclic) bond motifs is 1. The smallest absolute Gasteiger partial charge is 0.255 e. The predicted octanol–water partition coefficient (Wildman–Crippen LogP) is 2.87. The van der Waals surface area contributed by atoms with Gasteiger partial charge in [-0.05, 0) is 54.3 Å². The molecule has 132 valence electrons. The molecule has 1 aliphatic rings. The third-order valence-corrected chi connectivity index (χ3v) is 5.16. The third kappa shape index (κ3) is 4.39. The Hall–Kier alpha value is -2.34. The maximum absolute atomic E-state index is 12.5.